The lowest BCUT2D eigenvalue weighted by Crippen LogP contribution is -2.46. The number of likely N-dealkylation sites (N-methyl/N-ethyl adjacent to an activating group) is 1. The summed E-state index contributed by atoms with van der Waals surface area (Å²) in [4.78, 5) is 13.7. The minimum atomic E-state index is -0.471. The number of benzene rings is 1. The summed E-state index contributed by atoms with van der Waals surface area (Å²) in [7, 11) is 1.67. The van der Waals surface area contributed by atoms with E-state index in [1.165, 1.54) is 18.2 Å². The van der Waals surface area contributed by atoms with Crippen LogP contribution in [0, 0.1) is 5.82 Å². The van der Waals surface area contributed by atoms with Gasteiger partial charge in [-0.2, -0.15) is 0 Å². The van der Waals surface area contributed by atoms with Crippen LogP contribution in [-0.2, 0) is 0 Å². The van der Waals surface area contributed by atoms with Gasteiger partial charge in [-0.3, -0.25) is 4.79 Å². The van der Waals surface area contributed by atoms with E-state index in [4.69, 9.17) is 0 Å². The van der Waals surface area contributed by atoms with Gasteiger partial charge in [-0.25, -0.2) is 4.39 Å². The topological polar surface area (TPSA) is 40.5 Å². The molecule has 4 heteroatoms. The predicted octanol–water partition coefficient (Wildman–Crippen LogP) is 2.20. The average molecular weight is 251 g/mol. The van der Waals surface area contributed by atoms with E-state index in [0.29, 0.717) is 5.56 Å². The Hall–Kier alpha value is -1.42. The third-order valence-electron chi connectivity index (χ3n) is 3.58. The Labute approximate surface area is 106 Å². The SMILES string of the molecule is CN(C(=O)c1cccc(F)c1)C1CCCCC1O. The molecule has 1 aromatic rings. The van der Waals surface area contributed by atoms with Crippen molar-refractivity contribution in [3.63, 3.8) is 0 Å². The van der Waals surface area contributed by atoms with Gasteiger partial charge >= 0.3 is 0 Å². The molecule has 1 N–H and O–H groups in total. The van der Waals surface area contributed by atoms with Crippen molar-refractivity contribution in [3.05, 3.63) is 35.6 Å². The second kappa shape index (κ2) is 5.48. The molecule has 0 aromatic heterocycles. The van der Waals surface area contributed by atoms with Gasteiger partial charge < -0.3 is 10.0 Å². The number of aliphatic hydroxyl groups is 1. The van der Waals surface area contributed by atoms with E-state index < -0.39 is 11.9 Å². The third-order valence-corrected chi connectivity index (χ3v) is 3.58. The highest BCUT2D eigenvalue weighted by molar-refractivity contribution is 5.94. The van der Waals surface area contributed by atoms with Crippen molar-refractivity contribution in [1.29, 1.82) is 0 Å². The number of hydrogen-bond donors (Lipinski definition) is 1. The van der Waals surface area contributed by atoms with Gasteiger partial charge in [0.2, 0.25) is 0 Å². The maximum atomic E-state index is 13.1. The Morgan fingerprint density at radius 1 is 1.39 bits per heavy atom. The first kappa shape index (κ1) is 13.0. The smallest absolute Gasteiger partial charge is 0.254 e. The number of halogens is 1. The number of carbonyl (C=O) groups is 1. The fraction of sp³-hybridized carbons (Fsp3) is 0.500. The van der Waals surface area contributed by atoms with E-state index in [0.717, 1.165) is 25.7 Å². The Morgan fingerprint density at radius 3 is 2.78 bits per heavy atom. The van der Waals surface area contributed by atoms with E-state index >= 15 is 0 Å². The Kier molecular flexibility index (Phi) is 3.97. The molecule has 0 bridgehead atoms. The highest BCUT2D eigenvalue weighted by atomic mass is 19.1. The second-order valence-corrected chi connectivity index (χ2v) is 4.85. The molecule has 18 heavy (non-hydrogen) atoms. The third kappa shape index (κ3) is 2.70. The zero-order valence-corrected chi connectivity index (χ0v) is 10.5. The van der Waals surface area contributed by atoms with Crippen molar-refractivity contribution in [1.82, 2.24) is 4.90 Å². The molecular formula is C14H18FNO2. The maximum Gasteiger partial charge on any atom is 0.254 e. The van der Waals surface area contributed by atoms with Crippen molar-refractivity contribution in [2.75, 3.05) is 7.05 Å². The molecule has 98 valence electrons. The average Bonchev–Trinajstić information content (AvgIpc) is 2.37. The van der Waals surface area contributed by atoms with Gasteiger partial charge in [-0.15, -0.1) is 0 Å². The summed E-state index contributed by atoms with van der Waals surface area (Å²) in [6.07, 6.45) is 3.08. The number of carbonyl (C=O) groups excluding carboxylic acids is 1. The van der Waals surface area contributed by atoms with Gasteiger partial charge in [0.25, 0.3) is 5.91 Å². The van der Waals surface area contributed by atoms with Crippen LogP contribution < -0.4 is 0 Å². The molecule has 0 saturated heterocycles. The van der Waals surface area contributed by atoms with Gasteiger partial charge in [-0.05, 0) is 31.0 Å². The lowest BCUT2D eigenvalue weighted by Gasteiger charge is -2.35. The minimum absolute atomic E-state index is 0.158. The zero-order chi connectivity index (χ0) is 13.1. The summed E-state index contributed by atoms with van der Waals surface area (Å²) in [5, 5.41) is 9.92. The zero-order valence-electron chi connectivity index (χ0n) is 10.5. The molecule has 1 amide bonds. The number of aliphatic hydroxyl groups excluding tert-OH is 1. The van der Waals surface area contributed by atoms with Crippen LogP contribution in [0.25, 0.3) is 0 Å². The van der Waals surface area contributed by atoms with Gasteiger partial charge in [0.15, 0.2) is 0 Å². The standard InChI is InChI=1S/C14H18FNO2/c1-16(12-7-2-3-8-13(12)17)14(18)10-5-4-6-11(15)9-10/h4-6,9,12-13,17H,2-3,7-8H2,1H3. The van der Waals surface area contributed by atoms with Crippen LogP contribution in [-0.4, -0.2) is 35.1 Å². The van der Waals surface area contributed by atoms with Crippen molar-refractivity contribution < 1.29 is 14.3 Å². The highest BCUT2D eigenvalue weighted by Crippen LogP contribution is 2.23. The summed E-state index contributed by atoms with van der Waals surface area (Å²) in [5.74, 6) is -0.654. The van der Waals surface area contributed by atoms with E-state index in [2.05, 4.69) is 0 Å². The quantitative estimate of drug-likeness (QED) is 0.875. The van der Waals surface area contributed by atoms with Crippen molar-refractivity contribution in [2.24, 2.45) is 0 Å². The highest BCUT2D eigenvalue weighted by Gasteiger charge is 2.29. The fourth-order valence-corrected chi connectivity index (χ4v) is 2.52. The van der Waals surface area contributed by atoms with Crippen molar-refractivity contribution >= 4 is 5.91 Å². The van der Waals surface area contributed by atoms with E-state index in [1.807, 2.05) is 0 Å². The maximum absolute atomic E-state index is 13.1. The van der Waals surface area contributed by atoms with Crippen molar-refractivity contribution in [3.8, 4) is 0 Å². The van der Waals surface area contributed by atoms with Crippen LogP contribution in [0.1, 0.15) is 36.0 Å². The number of nitrogens with zero attached hydrogens (tertiary/aromatic N) is 1. The summed E-state index contributed by atoms with van der Waals surface area (Å²) >= 11 is 0. The summed E-state index contributed by atoms with van der Waals surface area (Å²) in [5.41, 5.74) is 0.329. The van der Waals surface area contributed by atoms with Crippen LogP contribution in [0.5, 0.6) is 0 Å². The van der Waals surface area contributed by atoms with Crippen LogP contribution in [0.2, 0.25) is 0 Å². The summed E-state index contributed by atoms with van der Waals surface area (Å²) < 4.78 is 13.1. The number of rotatable bonds is 2. The normalized spacial score (nSPS) is 23.7. The fourth-order valence-electron chi connectivity index (χ4n) is 2.52. The van der Waals surface area contributed by atoms with E-state index in [1.54, 1.807) is 18.0 Å². The van der Waals surface area contributed by atoms with Crippen LogP contribution in [0.15, 0.2) is 24.3 Å². The first-order valence-corrected chi connectivity index (χ1v) is 6.30. The molecule has 3 nitrogen and oxygen atoms in total. The molecule has 1 saturated carbocycles. The molecule has 1 aliphatic rings. The van der Waals surface area contributed by atoms with Crippen LogP contribution >= 0.6 is 0 Å². The Balaban J connectivity index is 2.13. The molecule has 2 unspecified atom stereocenters. The van der Waals surface area contributed by atoms with Crippen LogP contribution in [0.4, 0.5) is 4.39 Å². The largest absolute Gasteiger partial charge is 0.391 e. The first-order valence-electron chi connectivity index (χ1n) is 6.30. The van der Waals surface area contributed by atoms with Crippen molar-refractivity contribution in [2.45, 2.75) is 37.8 Å². The number of hydrogen-bond acceptors (Lipinski definition) is 2. The molecule has 2 rings (SSSR count). The molecule has 0 heterocycles. The molecule has 2 atom stereocenters. The van der Waals surface area contributed by atoms with Gasteiger partial charge in [-0.1, -0.05) is 18.9 Å². The van der Waals surface area contributed by atoms with Gasteiger partial charge in [0.05, 0.1) is 12.1 Å². The molecule has 1 aliphatic carbocycles. The van der Waals surface area contributed by atoms with Gasteiger partial charge in [0.1, 0.15) is 5.82 Å². The lowest BCUT2D eigenvalue weighted by atomic mass is 9.91. The minimum Gasteiger partial charge on any atom is -0.391 e. The first-order chi connectivity index (χ1) is 8.59. The molecule has 0 spiro atoms. The molecule has 0 aliphatic heterocycles. The summed E-state index contributed by atoms with van der Waals surface area (Å²) in [6.45, 7) is 0. The van der Waals surface area contributed by atoms with Gasteiger partial charge in [0, 0.05) is 12.6 Å². The Bertz CT molecular complexity index is 436. The number of amides is 1. The molecule has 1 fully saturated rings. The molecule has 0 radical (unpaired) electrons. The van der Waals surface area contributed by atoms with E-state index in [9.17, 15) is 14.3 Å². The second-order valence-electron chi connectivity index (χ2n) is 4.85. The van der Waals surface area contributed by atoms with E-state index in [-0.39, 0.29) is 11.9 Å². The Morgan fingerprint density at radius 2 is 2.11 bits per heavy atom. The summed E-state index contributed by atoms with van der Waals surface area (Å²) in [6, 6.07) is 5.50. The molecular weight excluding hydrogens is 233 g/mol. The monoisotopic (exact) mass is 251 g/mol. The predicted molar refractivity (Wildman–Crippen MR) is 66.8 cm³/mol. The molecule has 1 aromatic carbocycles. The van der Waals surface area contributed by atoms with Crippen LogP contribution in [0.3, 0.4) is 0 Å². The lowest BCUT2D eigenvalue weighted by molar-refractivity contribution is 0.0268.